The van der Waals surface area contributed by atoms with Crippen LogP contribution in [-0.2, 0) is 16.8 Å². The van der Waals surface area contributed by atoms with Crippen LogP contribution in [0, 0.1) is 34.1 Å². The summed E-state index contributed by atoms with van der Waals surface area (Å²) >= 11 is 0. The number of aryl methyl sites for hydroxylation is 1. The van der Waals surface area contributed by atoms with Gasteiger partial charge in [0.05, 0.1) is 16.5 Å². The molecule has 1 aliphatic heterocycles. The summed E-state index contributed by atoms with van der Waals surface area (Å²) in [7, 11) is 0. The molecule has 0 radical (unpaired) electrons. The van der Waals surface area contributed by atoms with Crippen LogP contribution in [0.5, 0.6) is 0 Å². The van der Waals surface area contributed by atoms with Crippen molar-refractivity contribution in [2.75, 3.05) is 25.1 Å². The molecule has 1 heterocycles. The fourth-order valence-corrected chi connectivity index (χ4v) is 4.25. The molecule has 0 atom stereocenters. The van der Waals surface area contributed by atoms with Gasteiger partial charge in [0.15, 0.2) is 5.69 Å². The second-order valence-electron chi connectivity index (χ2n) is 7.64. The highest BCUT2D eigenvalue weighted by atomic mass is 16.6. The minimum Gasteiger partial charge on any atom is -0.392 e. The Labute approximate surface area is 174 Å². The van der Waals surface area contributed by atoms with Crippen molar-refractivity contribution in [2.45, 2.75) is 38.7 Å². The van der Waals surface area contributed by atoms with Gasteiger partial charge in [-0.1, -0.05) is 24.3 Å². The van der Waals surface area contributed by atoms with E-state index in [9.17, 15) is 25.3 Å². The Bertz CT molecular complexity index is 969. The van der Waals surface area contributed by atoms with Gasteiger partial charge in [0, 0.05) is 36.8 Å². The summed E-state index contributed by atoms with van der Waals surface area (Å²) < 4.78 is 5.54. The number of hydrogen-bond donors (Lipinski definition) is 2. The zero-order valence-corrected chi connectivity index (χ0v) is 17.0. The summed E-state index contributed by atoms with van der Waals surface area (Å²) in [5.74, 6) is 0. The fraction of sp³-hybridized carbons (Fsp3) is 0.429. The lowest BCUT2D eigenvalue weighted by molar-refractivity contribution is -0.392. The van der Waals surface area contributed by atoms with Crippen LogP contribution in [0.15, 0.2) is 30.3 Å². The van der Waals surface area contributed by atoms with E-state index >= 15 is 0 Å². The molecule has 2 N–H and O–H groups in total. The minimum atomic E-state index is -0.654. The van der Waals surface area contributed by atoms with Crippen LogP contribution < -0.4 is 5.32 Å². The predicted octanol–water partition coefficient (Wildman–Crippen LogP) is 3.77. The second kappa shape index (κ2) is 8.76. The normalized spacial score (nSPS) is 15.6. The first-order valence-corrected chi connectivity index (χ1v) is 9.74. The Morgan fingerprint density at radius 1 is 1.13 bits per heavy atom. The average Bonchev–Trinajstić information content (AvgIpc) is 2.72. The van der Waals surface area contributed by atoms with Crippen molar-refractivity contribution in [3.05, 3.63) is 72.8 Å². The fourth-order valence-electron chi connectivity index (χ4n) is 4.25. The summed E-state index contributed by atoms with van der Waals surface area (Å²) in [6.07, 6.45) is 1.39. The number of nitro groups is 2. The largest absolute Gasteiger partial charge is 0.392 e. The van der Waals surface area contributed by atoms with Crippen LogP contribution in [0.4, 0.5) is 17.1 Å². The number of aliphatic hydroxyl groups excluding tert-OH is 1. The molecule has 30 heavy (non-hydrogen) atoms. The van der Waals surface area contributed by atoms with Crippen molar-refractivity contribution in [1.82, 2.24) is 0 Å². The maximum Gasteiger partial charge on any atom is 0.302 e. The molecule has 160 valence electrons. The number of benzene rings is 2. The van der Waals surface area contributed by atoms with Crippen molar-refractivity contribution >= 4 is 17.1 Å². The number of nitro benzene ring substituents is 2. The molecule has 0 aliphatic carbocycles. The molecule has 2 aromatic rings. The van der Waals surface area contributed by atoms with E-state index < -0.39 is 22.1 Å². The summed E-state index contributed by atoms with van der Waals surface area (Å²) in [5.41, 5.74) is 1.30. The van der Waals surface area contributed by atoms with E-state index in [-0.39, 0.29) is 27.9 Å². The summed E-state index contributed by atoms with van der Waals surface area (Å²) in [4.78, 5) is 22.2. The Hall–Kier alpha value is -3.04. The molecule has 0 unspecified atom stereocenters. The molecular weight excluding hydrogens is 390 g/mol. The molecule has 0 spiro atoms. The lowest BCUT2D eigenvalue weighted by Gasteiger charge is -2.39. The van der Waals surface area contributed by atoms with Crippen LogP contribution >= 0.6 is 0 Å². The van der Waals surface area contributed by atoms with Gasteiger partial charge < -0.3 is 15.2 Å². The summed E-state index contributed by atoms with van der Waals surface area (Å²) in [6, 6.07) is 9.15. The van der Waals surface area contributed by atoms with Crippen LogP contribution in [0.2, 0.25) is 0 Å². The third-order valence-electron chi connectivity index (χ3n) is 5.96. The molecule has 2 aromatic carbocycles. The lowest BCUT2D eigenvalue weighted by Crippen LogP contribution is -2.40. The van der Waals surface area contributed by atoms with Crippen LogP contribution in [0.25, 0.3) is 0 Å². The van der Waals surface area contributed by atoms with Crippen molar-refractivity contribution in [3.8, 4) is 0 Å². The lowest BCUT2D eigenvalue weighted by atomic mass is 9.72. The molecule has 1 fully saturated rings. The summed E-state index contributed by atoms with van der Waals surface area (Å²) in [6.45, 7) is 4.37. The van der Waals surface area contributed by atoms with Gasteiger partial charge in [-0.25, -0.2) is 0 Å². The van der Waals surface area contributed by atoms with Crippen molar-refractivity contribution in [1.29, 1.82) is 0 Å². The highest BCUT2D eigenvalue weighted by molar-refractivity contribution is 5.78. The topological polar surface area (TPSA) is 128 Å². The Morgan fingerprint density at radius 2 is 1.80 bits per heavy atom. The summed E-state index contributed by atoms with van der Waals surface area (Å²) in [5, 5.41) is 36.0. The van der Waals surface area contributed by atoms with Gasteiger partial charge >= 0.3 is 5.69 Å². The zero-order valence-electron chi connectivity index (χ0n) is 17.0. The van der Waals surface area contributed by atoms with Gasteiger partial charge in [0.2, 0.25) is 0 Å². The van der Waals surface area contributed by atoms with Crippen LogP contribution in [0.3, 0.4) is 0 Å². The predicted molar refractivity (Wildman–Crippen MR) is 112 cm³/mol. The minimum absolute atomic E-state index is 0.126. The Morgan fingerprint density at radius 3 is 2.37 bits per heavy atom. The molecule has 1 aliphatic rings. The van der Waals surface area contributed by atoms with E-state index in [0.29, 0.717) is 32.6 Å². The number of nitrogens with one attached hydrogen (secondary N) is 1. The number of anilines is 1. The Kier molecular flexibility index (Phi) is 6.33. The van der Waals surface area contributed by atoms with Gasteiger partial charge in [-0.05, 0) is 43.4 Å². The second-order valence-corrected chi connectivity index (χ2v) is 7.64. The molecular formula is C21H25N3O6. The van der Waals surface area contributed by atoms with E-state index in [1.165, 1.54) is 13.0 Å². The van der Waals surface area contributed by atoms with Gasteiger partial charge in [-0.15, -0.1) is 0 Å². The molecule has 0 amide bonds. The van der Waals surface area contributed by atoms with E-state index in [1.807, 2.05) is 31.2 Å². The van der Waals surface area contributed by atoms with Crippen LogP contribution in [0.1, 0.15) is 35.1 Å². The van der Waals surface area contributed by atoms with Gasteiger partial charge in [0.25, 0.3) is 5.69 Å². The molecule has 3 rings (SSSR count). The molecule has 0 saturated carbocycles. The van der Waals surface area contributed by atoms with Gasteiger partial charge in [-0.3, -0.25) is 20.2 Å². The van der Waals surface area contributed by atoms with Crippen molar-refractivity contribution in [3.63, 3.8) is 0 Å². The van der Waals surface area contributed by atoms with E-state index in [4.69, 9.17) is 4.74 Å². The third-order valence-corrected chi connectivity index (χ3v) is 5.96. The van der Waals surface area contributed by atoms with Crippen molar-refractivity contribution in [2.24, 2.45) is 0 Å². The van der Waals surface area contributed by atoms with Crippen molar-refractivity contribution < 1.29 is 19.7 Å². The molecule has 0 aromatic heterocycles. The third kappa shape index (κ3) is 3.99. The number of rotatable bonds is 7. The smallest absolute Gasteiger partial charge is 0.302 e. The number of nitrogens with zero attached hydrogens (tertiary/aromatic N) is 2. The first-order valence-electron chi connectivity index (χ1n) is 9.74. The molecule has 9 heteroatoms. The Balaban J connectivity index is 2.08. The SMILES string of the molecule is Cc1ccccc1C1(CNc2c([N+](=O)[O-])cc(CO)c(C)c2[N+](=O)[O-])CCOCC1. The quantitative estimate of drug-likeness (QED) is 0.520. The van der Waals surface area contributed by atoms with Gasteiger partial charge in [0.1, 0.15) is 0 Å². The number of aliphatic hydroxyl groups is 1. The molecule has 0 bridgehead atoms. The van der Waals surface area contributed by atoms with E-state index in [0.717, 1.165) is 11.1 Å². The van der Waals surface area contributed by atoms with Crippen LogP contribution in [-0.4, -0.2) is 34.7 Å². The molecule has 1 saturated heterocycles. The first kappa shape index (κ1) is 21.7. The number of hydrogen-bond acceptors (Lipinski definition) is 7. The highest BCUT2D eigenvalue weighted by Gasteiger charge is 2.38. The van der Waals surface area contributed by atoms with E-state index in [1.54, 1.807) is 0 Å². The zero-order chi connectivity index (χ0) is 21.9. The monoisotopic (exact) mass is 415 g/mol. The average molecular weight is 415 g/mol. The number of ether oxygens (including phenoxy) is 1. The molecule has 9 nitrogen and oxygen atoms in total. The highest BCUT2D eigenvalue weighted by Crippen LogP contribution is 2.42. The van der Waals surface area contributed by atoms with Gasteiger partial charge in [-0.2, -0.15) is 0 Å². The maximum absolute atomic E-state index is 11.8. The first-order chi connectivity index (χ1) is 14.3. The van der Waals surface area contributed by atoms with E-state index in [2.05, 4.69) is 5.32 Å². The maximum atomic E-state index is 11.8. The standard InChI is InChI=1S/C21H25N3O6/c1-14-5-3-4-6-17(14)21(7-9-30-10-8-21)13-22-19-18(23(26)27)11-16(12-25)15(2)20(19)24(28)29/h3-6,11,22,25H,7-10,12-13H2,1-2H3.